The molecule has 1 N–H and O–H groups in total. The summed E-state index contributed by atoms with van der Waals surface area (Å²) in [6.07, 6.45) is 0. The van der Waals surface area contributed by atoms with Crippen LogP contribution in [0.15, 0.2) is 52.3 Å². The van der Waals surface area contributed by atoms with Gasteiger partial charge in [0.15, 0.2) is 0 Å². The second-order valence-corrected chi connectivity index (χ2v) is 5.18. The number of methoxy groups -OCH3 is 1. The molecule has 6 heteroatoms. The van der Waals surface area contributed by atoms with E-state index in [1.165, 1.54) is 19.2 Å². The van der Waals surface area contributed by atoms with Gasteiger partial charge in [-0.1, -0.05) is 11.8 Å². The zero-order chi connectivity index (χ0) is 15.4. The van der Waals surface area contributed by atoms with Crippen LogP contribution in [0.4, 0.5) is 4.39 Å². The number of halogens is 1. The Bertz CT molecular complexity index is 683. The second kappa shape index (κ2) is 6.41. The molecule has 0 aliphatic carbocycles. The molecule has 0 atom stereocenters. The van der Waals surface area contributed by atoms with Crippen LogP contribution in [0, 0.1) is 5.82 Å². The Labute approximate surface area is 124 Å². The fourth-order valence-corrected chi connectivity index (χ4v) is 2.44. The number of benzene rings is 2. The van der Waals surface area contributed by atoms with Crippen LogP contribution in [0.3, 0.4) is 0 Å². The zero-order valence-electron chi connectivity index (χ0n) is 11.0. The first-order valence-electron chi connectivity index (χ1n) is 5.90. The molecule has 108 valence electrons. The minimum atomic E-state index is -1.17. The number of hydrogen-bond acceptors (Lipinski definition) is 4. The van der Waals surface area contributed by atoms with Crippen LogP contribution in [0.2, 0.25) is 0 Å². The summed E-state index contributed by atoms with van der Waals surface area (Å²) in [5.41, 5.74) is 0.307. The van der Waals surface area contributed by atoms with Crippen LogP contribution in [-0.4, -0.2) is 24.2 Å². The lowest BCUT2D eigenvalue weighted by atomic mass is 10.2. The van der Waals surface area contributed by atoms with Crippen molar-refractivity contribution in [3.63, 3.8) is 0 Å². The molecule has 2 aromatic carbocycles. The third-order valence-electron chi connectivity index (χ3n) is 2.68. The molecule has 0 aromatic heterocycles. The maximum atomic E-state index is 13.8. The number of ether oxygens (including phenoxy) is 1. The maximum absolute atomic E-state index is 13.8. The van der Waals surface area contributed by atoms with Gasteiger partial charge in [0.05, 0.1) is 18.2 Å². The predicted molar refractivity (Wildman–Crippen MR) is 75.3 cm³/mol. The molecule has 0 saturated carbocycles. The average molecular weight is 306 g/mol. The van der Waals surface area contributed by atoms with Gasteiger partial charge in [0.25, 0.3) is 0 Å². The van der Waals surface area contributed by atoms with E-state index in [1.54, 1.807) is 24.3 Å². The summed E-state index contributed by atoms with van der Waals surface area (Å²) < 4.78 is 18.4. The van der Waals surface area contributed by atoms with Gasteiger partial charge in [-0.15, -0.1) is 0 Å². The van der Waals surface area contributed by atoms with Crippen LogP contribution >= 0.6 is 11.8 Å². The molecule has 0 aliphatic rings. The van der Waals surface area contributed by atoms with Gasteiger partial charge in [-0.05, 0) is 42.5 Å². The molecular formula is C15H11FO4S. The van der Waals surface area contributed by atoms with E-state index in [9.17, 15) is 14.0 Å². The fraction of sp³-hybridized carbons (Fsp3) is 0.0667. The maximum Gasteiger partial charge on any atom is 0.337 e. The van der Waals surface area contributed by atoms with Crippen molar-refractivity contribution in [2.45, 2.75) is 9.79 Å². The quantitative estimate of drug-likeness (QED) is 0.876. The van der Waals surface area contributed by atoms with E-state index in [1.807, 2.05) is 0 Å². The second-order valence-electron chi connectivity index (χ2n) is 4.07. The predicted octanol–water partition coefficient (Wildman–Crippen LogP) is 3.46. The first-order chi connectivity index (χ1) is 10.0. The molecule has 0 unspecified atom stereocenters. The third-order valence-corrected chi connectivity index (χ3v) is 3.74. The van der Waals surface area contributed by atoms with Crippen LogP contribution in [0.25, 0.3) is 0 Å². The number of carbonyl (C=O) groups excluding carboxylic acids is 1. The minimum absolute atomic E-state index is 0.0992. The first-order valence-corrected chi connectivity index (χ1v) is 6.72. The van der Waals surface area contributed by atoms with E-state index in [2.05, 4.69) is 4.74 Å². The fourth-order valence-electron chi connectivity index (χ4n) is 1.62. The molecule has 0 spiro atoms. The van der Waals surface area contributed by atoms with Gasteiger partial charge in [-0.25, -0.2) is 14.0 Å². The van der Waals surface area contributed by atoms with Gasteiger partial charge in [0.2, 0.25) is 0 Å². The molecule has 2 rings (SSSR count). The Kier molecular flexibility index (Phi) is 4.59. The molecule has 0 heterocycles. The van der Waals surface area contributed by atoms with Crippen molar-refractivity contribution in [3.8, 4) is 0 Å². The average Bonchev–Trinajstić information content (AvgIpc) is 2.49. The molecule has 0 amide bonds. The Morgan fingerprint density at radius 1 is 1.10 bits per heavy atom. The summed E-state index contributed by atoms with van der Waals surface area (Å²) in [4.78, 5) is 23.1. The molecule has 0 radical (unpaired) electrons. The molecule has 0 aliphatic heterocycles. The highest BCUT2D eigenvalue weighted by atomic mass is 32.2. The van der Waals surface area contributed by atoms with E-state index in [0.717, 1.165) is 22.7 Å². The zero-order valence-corrected chi connectivity index (χ0v) is 11.8. The van der Waals surface area contributed by atoms with Crippen LogP contribution in [-0.2, 0) is 4.74 Å². The number of carbonyl (C=O) groups is 2. The van der Waals surface area contributed by atoms with E-state index in [-0.39, 0.29) is 5.56 Å². The van der Waals surface area contributed by atoms with Gasteiger partial charge in [0.1, 0.15) is 5.82 Å². The molecule has 2 aromatic rings. The van der Waals surface area contributed by atoms with Gasteiger partial charge >= 0.3 is 11.9 Å². The lowest BCUT2D eigenvalue weighted by Crippen LogP contribution is -2.00. The SMILES string of the molecule is COC(=O)c1ccc(Sc2ccc(C(=O)O)cc2F)cc1. The Balaban J connectivity index is 2.18. The van der Waals surface area contributed by atoms with E-state index >= 15 is 0 Å². The van der Waals surface area contributed by atoms with Crippen molar-refractivity contribution in [2.24, 2.45) is 0 Å². The van der Waals surface area contributed by atoms with Crippen molar-refractivity contribution in [1.29, 1.82) is 0 Å². The van der Waals surface area contributed by atoms with Crippen molar-refractivity contribution in [2.75, 3.05) is 7.11 Å². The molecule has 0 fully saturated rings. The van der Waals surface area contributed by atoms with Crippen molar-refractivity contribution in [1.82, 2.24) is 0 Å². The number of carboxylic acid groups (broad SMARTS) is 1. The lowest BCUT2D eigenvalue weighted by molar-refractivity contribution is 0.0599. The highest BCUT2D eigenvalue weighted by Crippen LogP contribution is 2.30. The largest absolute Gasteiger partial charge is 0.478 e. The smallest absolute Gasteiger partial charge is 0.337 e. The number of rotatable bonds is 4. The van der Waals surface area contributed by atoms with E-state index in [4.69, 9.17) is 5.11 Å². The van der Waals surface area contributed by atoms with E-state index < -0.39 is 17.8 Å². The van der Waals surface area contributed by atoms with Crippen molar-refractivity contribution in [3.05, 3.63) is 59.4 Å². The number of esters is 1. The highest BCUT2D eigenvalue weighted by molar-refractivity contribution is 7.99. The number of aromatic carboxylic acids is 1. The summed E-state index contributed by atoms with van der Waals surface area (Å²) in [6, 6.07) is 10.2. The number of carboxylic acids is 1. The van der Waals surface area contributed by atoms with Crippen molar-refractivity contribution < 1.29 is 23.8 Å². The van der Waals surface area contributed by atoms with Crippen molar-refractivity contribution >= 4 is 23.7 Å². The molecular weight excluding hydrogens is 295 g/mol. The van der Waals surface area contributed by atoms with Gasteiger partial charge in [0, 0.05) is 9.79 Å². The van der Waals surface area contributed by atoms with Gasteiger partial charge in [-0.3, -0.25) is 0 Å². The van der Waals surface area contributed by atoms with E-state index in [0.29, 0.717) is 10.5 Å². The monoisotopic (exact) mass is 306 g/mol. The standard InChI is InChI=1S/C15H11FO4S/c1-20-15(19)9-2-5-11(6-3-9)21-13-7-4-10(14(17)18)8-12(13)16/h2-8H,1H3,(H,17,18). The Morgan fingerprint density at radius 3 is 2.24 bits per heavy atom. The van der Waals surface area contributed by atoms with Gasteiger partial charge < -0.3 is 9.84 Å². The molecule has 4 nitrogen and oxygen atoms in total. The summed E-state index contributed by atoms with van der Waals surface area (Å²) in [7, 11) is 1.30. The number of hydrogen-bond donors (Lipinski definition) is 1. The molecule has 0 bridgehead atoms. The van der Waals surface area contributed by atoms with Crippen LogP contribution in [0.1, 0.15) is 20.7 Å². The third kappa shape index (κ3) is 3.61. The summed E-state index contributed by atoms with van der Waals surface area (Å²) >= 11 is 1.14. The first kappa shape index (κ1) is 15.1. The van der Waals surface area contributed by atoms with Crippen LogP contribution < -0.4 is 0 Å². The van der Waals surface area contributed by atoms with Gasteiger partial charge in [-0.2, -0.15) is 0 Å². The topological polar surface area (TPSA) is 63.6 Å². The summed E-state index contributed by atoms with van der Waals surface area (Å²) in [6.45, 7) is 0. The van der Waals surface area contributed by atoms with Crippen LogP contribution in [0.5, 0.6) is 0 Å². The lowest BCUT2D eigenvalue weighted by Gasteiger charge is -2.05. The summed E-state index contributed by atoms with van der Waals surface area (Å²) in [5, 5.41) is 8.78. The molecule has 0 saturated heterocycles. The minimum Gasteiger partial charge on any atom is -0.478 e. The highest BCUT2D eigenvalue weighted by Gasteiger charge is 2.10. The Hall–Kier alpha value is -2.34. The molecule has 21 heavy (non-hydrogen) atoms. The normalized spacial score (nSPS) is 10.2. The summed E-state index contributed by atoms with van der Waals surface area (Å²) in [5.74, 6) is -2.21. The Morgan fingerprint density at radius 2 is 1.71 bits per heavy atom.